The Morgan fingerprint density at radius 2 is 1.68 bits per heavy atom. The number of ether oxygens (including phenoxy) is 2. The maximum absolute atomic E-state index is 12.4. The van der Waals surface area contributed by atoms with Crippen molar-refractivity contribution in [2.24, 2.45) is 5.92 Å². The first-order valence-electron chi connectivity index (χ1n) is 12.0. The van der Waals surface area contributed by atoms with E-state index in [9.17, 15) is 9.59 Å². The van der Waals surface area contributed by atoms with Crippen LogP contribution in [0.4, 0.5) is 4.79 Å². The fourth-order valence-corrected chi connectivity index (χ4v) is 4.95. The molecule has 0 aromatic rings. The Bertz CT molecular complexity index is 593. The van der Waals surface area contributed by atoms with E-state index in [-0.39, 0.29) is 23.7 Å². The van der Waals surface area contributed by atoms with E-state index in [1.807, 2.05) is 4.90 Å². The molecule has 1 atom stereocenters. The molecule has 31 heavy (non-hydrogen) atoms. The summed E-state index contributed by atoms with van der Waals surface area (Å²) < 4.78 is 10.4. The molecule has 0 N–H and O–H groups in total. The summed E-state index contributed by atoms with van der Waals surface area (Å²) >= 11 is 0. The summed E-state index contributed by atoms with van der Waals surface area (Å²) in [6.07, 6.45) is 3.49. The second kappa shape index (κ2) is 11.0. The van der Waals surface area contributed by atoms with Gasteiger partial charge >= 0.3 is 12.1 Å². The minimum absolute atomic E-state index is 0.0203. The van der Waals surface area contributed by atoms with E-state index in [0.717, 1.165) is 84.7 Å². The molecular formula is C23H42N4O4. The maximum Gasteiger partial charge on any atom is 0.410 e. The van der Waals surface area contributed by atoms with Crippen LogP contribution in [0.3, 0.4) is 0 Å². The Morgan fingerprint density at radius 3 is 2.29 bits per heavy atom. The van der Waals surface area contributed by atoms with Crippen molar-refractivity contribution in [1.29, 1.82) is 0 Å². The maximum atomic E-state index is 12.4. The molecule has 3 rings (SSSR count). The first-order chi connectivity index (χ1) is 14.7. The van der Waals surface area contributed by atoms with Gasteiger partial charge in [-0.25, -0.2) is 4.79 Å². The highest BCUT2D eigenvalue weighted by molar-refractivity contribution is 5.70. The molecule has 0 saturated carbocycles. The van der Waals surface area contributed by atoms with E-state index in [1.54, 1.807) is 0 Å². The lowest BCUT2D eigenvalue weighted by Gasteiger charge is -2.41. The zero-order valence-corrected chi connectivity index (χ0v) is 20.0. The van der Waals surface area contributed by atoms with Crippen molar-refractivity contribution in [3.05, 3.63) is 0 Å². The van der Waals surface area contributed by atoms with Crippen LogP contribution in [0, 0.1) is 5.92 Å². The van der Waals surface area contributed by atoms with Crippen molar-refractivity contribution in [3.8, 4) is 0 Å². The highest BCUT2D eigenvalue weighted by Crippen LogP contribution is 2.26. The van der Waals surface area contributed by atoms with Crippen molar-refractivity contribution in [2.75, 3.05) is 72.6 Å². The summed E-state index contributed by atoms with van der Waals surface area (Å²) in [5, 5.41) is 0. The second-order valence-corrected chi connectivity index (χ2v) is 10.3. The lowest BCUT2D eigenvalue weighted by atomic mass is 9.92. The number of nitrogens with zero attached hydrogens (tertiary/aromatic N) is 4. The summed E-state index contributed by atoms with van der Waals surface area (Å²) in [4.78, 5) is 32.9. The highest BCUT2D eigenvalue weighted by Gasteiger charge is 2.35. The highest BCUT2D eigenvalue weighted by atomic mass is 16.6. The Morgan fingerprint density at radius 1 is 1.03 bits per heavy atom. The van der Waals surface area contributed by atoms with E-state index in [4.69, 9.17) is 9.47 Å². The lowest BCUT2D eigenvalue weighted by molar-refractivity contribution is -0.140. The number of carbonyl (C=O) groups excluding carboxylic acids is 2. The molecule has 0 aromatic heterocycles. The van der Waals surface area contributed by atoms with Crippen LogP contribution in [-0.2, 0) is 14.3 Å². The van der Waals surface area contributed by atoms with Gasteiger partial charge in [-0.1, -0.05) is 0 Å². The van der Waals surface area contributed by atoms with Crippen LogP contribution in [0.15, 0.2) is 0 Å². The first kappa shape index (κ1) is 24.3. The number of piperidine rings is 1. The monoisotopic (exact) mass is 438 g/mol. The fourth-order valence-electron chi connectivity index (χ4n) is 4.95. The van der Waals surface area contributed by atoms with Gasteiger partial charge < -0.3 is 19.3 Å². The average molecular weight is 439 g/mol. The van der Waals surface area contributed by atoms with Crippen LogP contribution in [0.25, 0.3) is 0 Å². The molecule has 3 aliphatic rings. The smallest absolute Gasteiger partial charge is 0.410 e. The molecule has 3 saturated heterocycles. The molecule has 0 aromatic carbocycles. The molecular weight excluding hydrogens is 396 g/mol. The van der Waals surface area contributed by atoms with E-state index in [2.05, 4.69) is 35.5 Å². The summed E-state index contributed by atoms with van der Waals surface area (Å²) in [6, 6.07) is 0. The van der Waals surface area contributed by atoms with Gasteiger partial charge in [0, 0.05) is 51.2 Å². The lowest BCUT2D eigenvalue weighted by Crippen LogP contribution is -2.49. The van der Waals surface area contributed by atoms with Crippen molar-refractivity contribution in [3.63, 3.8) is 0 Å². The van der Waals surface area contributed by atoms with Gasteiger partial charge in [0.2, 0.25) is 0 Å². The van der Waals surface area contributed by atoms with Gasteiger partial charge in [-0.3, -0.25) is 14.6 Å². The molecule has 1 amide bonds. The SMILES string of the molecule is COC(=O)CCCN1CCN(CC2CN(CC3CCN(C(C)(C)C)CC3)C(=O)O2)CC1. The molecule has 178 valence electrons. The quantitative estimate of drug-likeness (QED) is 0.536. The van der Waals surface area contributed by atoms with Gasteiger partial charge in [-0.15, -0.1) is 0 Å². The summed E-state index contributed by atoms with van der Waals surface area (Å²) in [7, 11) is 1.44. The van der Waals surface area contributed by atoms with Gasteiger partial charge in [0.15, 0.2) is 0 Å². The fraction of sp³-hybridized carbons (Fsp3) is 0.913. The number of carbonyl (C=O) groups is 2. The molecule has 0 bridgehead atoms. The predicted molar refractivity (Wildman–Crippen MR) is 120 cm³/mol. The summed E-state index contributed by atoms with van der Waals surface area (Å²) in [5.74, 6) is 0.449. The topological polar surface area (TPSA) is 65.6 Å². The van der Waals surface area contributed by atoms with Crippen LogP contribution in [0.1, 0.15) is 46.5 Å². The zero-order valence-electron chi connectivity index (χ0n) is 20.0. The van der Waals surface area contributed by atoms with Gasteiger partial charge in [0.25, 0.3) is 0 Å². The number of hydrogen-bond acceptors (Lipinski definition) is 7. The largest absolute Gasteiger partial charge is 0.469 e. The number of cyclic esters (lactones) is 1. The van der Waals surface area contributed by atoms with Crippen LogP contribution in [0.5, 0.6) is 0 Å². The standard InChI is InChI=1S/C23H42N4O4/c1-23(2,3)27-10-7-19(8-11-27)16-26-18-20(31-22(26)29)17-25-14-12-24(13-15-25)9-5-6-21(28)30-4/h19-20H,5-18H2,1-4H3. The number of rotatable bonds is 8. The normalized spacial score (nSPS) is 25.1. The van der Waals surface area contributed by atoms with Crippen LogP contribution in [0.2, 0.25) is 0 Å². The van der Waals surface area contributed by atoms with Gasteiger partial charge in [0.1, 0.15) is 6.10 Å². The van der Waals surface area contributed by atoms with Gasteiger partial charge in [-0.2, -0.15) is 0 Å². The molecule has 1 unspecified atom stereocenters. The third-order valence-electron chi connectivity index (χ3n) is 7.00. The van der Waals surface area contributed by atoms with E-state index in [0.29, 0.717) is 12.3 Å². The van der Waals surface area contributed by atoms with Crippen molar-refractivity contribution in [1.82, 2.24) is 19.6 Å². The van der Waals surface area contributed by atoms with Crippen LogP contribution >= 0.6 is 0 Å². The molecule has 0 radical (unpaired) electrons. The first-order valence-corrected chi connectivity index (χ1v) is 12.0. The number of hydrogen-bond donors (Lipinski definition) is 0. The summed E-state index contributed by atoms with van der Waals surface area (Å²) in [6.45, 7) is 16.3. The molecule has 0 aliphatic carbocycles. The number of methoxy groups -OCH3 is 1. The van der Waals surface area contributed by atoms with Gasteiger partial charge in [0.05, 0.1) is 13.7 Å². The van der Waals surface area contributed by atoms with Crippen LogP contribution < -0.4 is 0 Å². The molecule has 3 aliphatic heterocycles. The molecule has 3 heterocycles. The van der Waals surface area contributed by atoms with E-state index < -0.39 is 0 Å². The van der Waals surface area contributed by atoms with E-state index in [1.165, 1.54) is 7.11 Å². The minimum Gasteiger partial charge on any atom is -0.469 e. The number of likely N-dealkylation sites (tertiary alicyclic amines) is 1. The van der Waals surface area contributed by atoms with Crippen molar-refractivity contribution in [2.45, 2.75) is 58.1 Å². The Balaban J connectivity index is 1.33. The molecule has 8 nitrogen and oxygen atoms in total. The number of esters is 1. The minimum atomic E-state index is -0.135. The predicted octanol–water partition coefficient (Wildman–Crippen LogP) is 1.89. The zero-order chi connectivity index (χ0) is 22.4. The van der Waals surface area contributed by atoms with Gasteiger partial charge in [-0.05, 0) is 65.6 Å². The molecule has 0 spiro atoms. The number of piperazine rings is 1. The Labute approximate surface area is 187 Å². The van der Waals surface area contributed by atoms with E-state index >= 15 is 0 Å². The van der Waals surface area contributed by atoms with Crippen molar-refractivity contribution >= 4 is 12.1 Å². The molecule has 8 heteroatoms. The average Bonchev–Trinajstić information content (AvgIpc) is 3.07. The third-order valence-corrected chi connectivity index (χ3v) is 7.00. The van der Waals surface area contributed by atoms with Crippen molar-refractivity contribution < 1.29 is 19.1 Å². The Hall–Kier alpha value is -1.38. The summed E-state index contributed by atoms with van der Waals surface area (Å²) in [5.41, 5.74) is 0.230. The number of amides is 1. The molecule has 3 fully saturated rings. The third kappa shape index (κ3) is 7.32. The van der Waals surface area contributed by atoms with Crippen LogP contribution in [-0.4, -0.2) is 116 Å². The Kier molecular flexibility index (Phi) is 8.58. The second-order valence-electron chi connectivity index (χ2n) is 10.3.